The maximum Gasteiger partial charge on any atom is 0.243 e. The molecule has 2 bridgehead atoms. The summed E-state index contributed by atoms with van der Waals surface area (Å²) in [6.45, 7) is 5.72. The van der Waals surface area contributed by atoms with E-state index in [9.17, 15) is 4.79 Å². The van der Waals surface area contributed by atoms with Crippen molar-refractivity contribution in [2.24, 2.45) is 21.6 Å². The van der Waals surface area contributed by atoms with Crippen LogP contribution < -0.4 is 16.4 Å². The first-order valence-corrected chi connectivity index (χ1v) is 11.6. The normalized spacial score (nSPS) is 25.3. The van der Waals surface area contributed by atoms with Gasteiger partial charge in [-0.3, -0.25) is 9.69 Å². The van der Waals surface area contributed by atoms with Crippen LogP contribution in [0.4, 0.5) is 0 Å². The zero-order valence-electron chi connectivity index (χ0n) is 19.0. The minimum absolute atomic E-state index is 0.0367. The van der Waals surface area contributed by atoms with Crippen LogP contribution in [0.15, 0.2) is 45.2 Å². The highest BCUT2D eigenvalue weighted by molar-refractivity contribution is 6.02. The number of rotatable bonds is 8. The second-order valence-electron chi connectivity index (χ2n) is 8.74. The van der Waals surface area contributed by atoms with E-state index < -0.39 is 0 Å². The summed E-state index contributed by atoms with van der Waals surface area (Å²) in [5, 5.41) is 6.23. The van der Waals surface area contributed by atoms with Gasteiger partial charge in [-0.15, -0.1) is 0 Å². The summed E-state index contributed by atoms with van der Waals surface area (Å²) < 4.78 is 5.11. The van der Waals surface area contributed by atoms with Crippen molar-refractivity contribution in [3.63, 3.8) is 0 Å². The number of nitrogens with zero attached hydrogens (tertiary/aromatic N) is 4. The van der Waals surface area contributed by atoms with Gasteiger partial charge >= 0.3 is 0 Å². The summed E-state index contributed by atoms with van der Waals surface area (Å²) in [5.74, 6) is 1.67. The molecule has 0 radical (unpaired) electrons. The molecule has 1 atom stereocenters. The van der Waals surface area contributed by atoms with Crippen molar-refractivity contribution in [3.05, 3.63) is 35.2 Å². The van der Waals surface area contributed by atoms with Gasteiger partial charge in [0.25, 0.3) is 0 Å². The maximum absolute atomic E-state index is 12.6. The lowest BCUT2D eigenvalue weighted by Gasteiger charge is -2.28. The minimum atomic E-state index is -0.0367. The number of hydrogen-bond donors (Lipinski definition) is 3. The molecule has 2 fully saturated rings. The number of nitrogens with one attached hydrogen (secondary N) is 2. The Morgan fingerprint density at radius 1 is 1.31 bits per heavy atom. The van der Waals surface area contributed by atoms with Crippen LogP contribution in [0.25, 0.3) is 0 Å². The average Bonchev–Trinajstić information content (AvgIpc) is 3.16. The summed E-state index contributed by atoms with van der Waals surface area (Å²) >= 11 is 0. The fraction of sp³-hybridized carbons (Fsp3) is 0.609. The Morgan fingerprint density at radius 3 is 2.94 bits per heavy atom. The van der Waals surface area contributed by atoms with Crippen molar-refractivity contribution in [2.45, 2.75) is 25.7 Å². The molecule has 174 valence electrons. The van der Waals surface area contributed by atoms with Crippen molar-refractivity contribution in [1.29, 1.82) is 0 Å². The second kappa shape index (κ2) is 10.9. The summed E-state index contributed by atoms with van der Waals surface area (Å²) in [5.41, 5.74) is 8.86. The van der Waals surface area contributed by atoms with Crippen molar-refractivity contribution in [1.82, 2.24) is 20.4 Å². The predicted molar refractivity (Wildman–Crippen MR) is 126 cm³/mol. The molecule has 1 unspecified atom stereocenters. The van der Waals surface area contributed by atoms with Crippen LogP contribution in [0, 0.1) is 5.92 Å². The average molecular weight is 442 g/mol. The molecule has 9 heteroatoms. The Balaban J connectivity index is 1.52. The number of amidine groups is 1. The number of carbonyl (C=O) groups excluding carboxylic acids is 1. The van der Waals surface area contributed by atoms with E-state index in [1.54, 1.807) is 7.11 Å². The summed E-state index contributed by atoms with van der Waals surface area (Å²) in [7, 11) is 1.65. The first-order valence-electron chi connectivity index (χ1n) is 11.6. The highest BCUT2D eigenvalue weighted by Gasteiger charge is 2.29. The van der Waals surface area contributed by atoms with Crippen LogP contribution in [-0.4, -0.2) is 87.0 Å². The molecule has 3 heterocycles. The van der Waals surface area contributed by atoms with Crippen LogP contribution in [0.3, 0.4) is 0 Å². The highest BCUT2D eigenvalue weighted by Crippen LogP contribution is 2.23. The molecule has 2 saturated heterocycles. The van der Waals surface area contributed by atoms with Gasteiger partial charge in [0.2, 0.25) is 11.9 Å². The largest absolute Gasteiger partial charge is 0.383 e. The SMILES string of the molecule is COCCN=C1N=C2CC(=C(CN)N1)NC(=O)CN2CC1C=C(CN2CCCC2)C=CC1. The topological polar surface area (TPSA) is 108 Å². The van der Waals surface area contributed by atoms with Crippen LogP contribution >= 0.6 is 0 Å². The summed E-state index contributed by atoms with van der Waals surface area (Å²) in [6, 6.07) is 0. The molecule has 32 heavy (non-hydrogen) atoms. The van der Waals surface area contributed by atoms with E-state index in [0.29, 0.717) is 31.4 Å². The second-order valence-corrected chi connectivity index (χ2v) is 8.74. The van der Waals surface area contributed by atoms with Gasteiger partial charge < -0.3 is 26.0 Å². The fourth-order valence-corrected chi connectivity index (χ4v) is 4.64. The molecule has 0 saturated carbocycles. The third-order valence-electron chi connectivity index (χ3n) is 6.23. The van der Waals surface area contributed by atoms with Gasteiger partial charge in [0.1, 0.15) is 5.84 Å². The molecule has 0 aromatic rings. The number of aliphatic imine (C=N–C) groups is 2. The molecule has 1 aliphatic carbocycles. The number of fused-ring (bicyclic) bond motifs is 2. The molecular weight excluding hydrogens is 406 g/mol. The van der Waals surface area contributed by atoms with Crippen molar-refractivity contribution in [2.75, 3.05) is 59.5 Å². The van der Waals surface area contributed by atoms with E-state index >= 15 is 0 Å². The number of allylic oxidation sites excluding steroid dienone is 1. The molecule has 1 amide bonds. The highest BCUT2D eigenvalue weighted by atomic mass is 16.5. The van der Waals surface area contributed by atoms with Crippen LogP contribution in [0.2, 0.25) is 0 Å². The third-order valence-corrected chi connectivity index (χ3v) is 6.23. The number of ether oxygens (including phenoxy) is 1. The number of hydrogen-bond acceptors (Lipinski definition) is 6. The standard InChI is InChI=1S/C23H35N7O2/c1-32-10-7-25-23-27-20(13-24)19-12-21(28-23)30(16-22(31)26-19)15-18-6-4-5-17(11-18)14-29-8-2-3-9-29/h4-5,11,18H,2-3,6-10,12-16,24H2,1H3,(H,25,27)(H,26,31). The Hall–Kier alpha value is -2.49. The van der Waals surface area contributed by atoms with Crippen LogP contribution in [-0.2, 0) is 9.53 Å². The van der Waals surface area contributed by atoms with Gasteiger partial charge in [-0.25, -0.2) is 4.99 Å². The maximum atomic E-state index is 12.6. The van der Waals surface area contributed by atoms with Gasteiger partial charge in [0.05, 0.1) is 25.4 Å². The first kappa shape index (κ1) is 22.7. The van der Waals surface area contributed by atoms with Gasteiger partial charge in [-0.2, -0.15) is 4.99 Å². The number of methoxy groups -OCH3 is 1. The van der Waals surface area contributed by atoms with Crippen molar-refractivity contribution >= 4 is 17.7 Å². The number of carbonyl (C=O) groups is 1. The fourth-order valence-electron chi connectivity index (χ4n) is 4.64. The summed E-state index contributed by atoms with van der Waals surface area (Å²) in [6.07, 6.45) is 11.0. The number of amides is 1. The lowest BCUT2D eigenvalue weighted by molar-refractivity contribution is -0.120. The molecular formula is C23H35N7O2. The lowest BCUT2D eigenvalue weighted by atomic mass is 9.95. The number of guanidine groups is 1. The summed E-state index contributed by atoms with van der Waals surface area (Å²) in [4.78, 5) is 26.6. The van der Waals surface area contributed by atoms with Gasteiger partial charge in [0, 0.05) is 38.9 Å². The van der Waals surface area contributed by atoms with E-state index in [1.165, 1.54) is 31.5 Å². The van der Waals surface area contributed by atoms with Crippen LogP contribution in [0.5, 0.6) is 0 Å². The molecule has 0 aromatic carbocycles. The minimum Gasteiger partial charge on any atom is -0.383 e. The van der Waals surface area contributed by atoms with E-state index in [2.05, 4.69) is 43.7 Å². The van der Waals surface area contributed by atoms with E-state index in [0.717, 1.165) is 36.7 Å². The monoisotopic (exact) mass is 441 g/mol. The molecule has 0 aromatic heterocycles. The molecule has 4 rings (SSSR count). The number of nitrogens with two attached hydrogens (primary N) is 1. The molecule has 0 spiro atoms. The van der Waals surface area contributed by atoms with E-state index in [-0.39, 0.29) is 19.0 Å². The van der Waals surface area contributed by atoms with E-state index in [4.69, 9.17) is 15.5 Å². The Morgan fingerprint density at radius 2 is 2.16 bits per heavy atom. The van der Waals surface area contributed by atoms with Gasteiger partial charge in [-0.1, -0.05) is 18.2 Å². The first-order chi connectivity index (χ1) is 15.6. The Bertz CT molecular complexity index is 852. The van der Waals surface area contributed by atoms with Crippen molar-refractivity contribution < 1.29 is 9.53 Å². The van der Waals surface area contributed by atoms with Crippen molar-refractivity contribution in [3.8, 4) is 0 Å². The molecule has 4 aliphatic rings. The third kappa shape index (κ3) is 5.85. The molecule has 4 N–H and O–H groups in total. The lowest BCUT2D eigenvalue weighted by Crippen LogP contribution is -2.40. The predicted octanol–water partition coefficient (Wildman–Crippen LogP) is 0.581. The Kier molecular flexibility index (Phi) is 7.72. The zero-order chi connectivity index (χ0) is 22.3. The zero-order valence-corrected chi connectivity index (χ0v) is 19.0. The van der Waals surface area contributed by atoms with Gasteiger partial charge in [0.15, 0.2) is 0 Å². The number of likely N-dealkylation sites (tertiary alicyclic amines) is 1. The Labute approximate surface area is 190 Å². The van der Waals surface area contributed by atoms with Crippen LogP contribution in [0.1, 0.15) is 25.7 Å². The smallest absolute Gasteiger partial charge is 0.243 e. The quantitative estimate of drug-likeness (QED) is 0.476. The van der Waals surface area contributed by atoms with Gasteiger partial charge in [-0.05, 0) is 43.8 Å². The van der Waals surface area contributed by atoms with E-state index in [1.807, 2.05) is 0 Å². The molecule has 3 aliphatic heterocycles. The molecule has 9 nitrogen and oxygen atoms in total.